The summed E-state index contributed by atoms with van der Waals surface area (Å²) >= 11 is 3.44. The van der Waals surface area contributed by atoms with Crippen LogP contribution in [0, 0.1) is 22.8 Å². The first kappa shape index (κ1) is 27.7. The molecule has 1 atom stereocenters. The number of nitrogens with zero attached hydrogens (tertiary/aromatic N) is 2. The van der Waals surface area contributed by atoms with Crippen molar-refractivity contribution >= 4 is 46.0 Å². The molecule has 0 amide bonds. The predicted octanol–water partition coefficient (Wildman–Crippen LogP) is 4.12. The normalized spacial score (nSPS) is 14.9. The third-order valence-corrected chi connectivity index (χ3v) is 7.62. The van der Waals surface area contributed by atoms with E-state index in [1.165, 1.54) is 11.3 Å². The molecule has 0 radical (unpaired) electrons. The van der Waals surface area contributed by atoms with Crippen molar-refractivity contribution in [3.8, 4) is 23.8 Å². The summed E-state index contributed by atoms with van der Waals surface area (Å²) in [7, 11) is 0. The van der Waals surface area contributed by atoms with Gasteiger partial charge in [-0.2, -0.15) is 0 Å². The molecule has 2 heterocycles. The molecular formula is C29H27IN2O5S. The number of aromatic nitrogens is 1. The zero-order chi connectivity index (χ0) is 27.4. The molecule has 0 unspecified atom stereocenters. The molecule has 0 saturated carbocycles. The van der Waals surface area contributed by atoms with Gasteiger partial charge >= 0.3 is 5.97 Å². The second kappa shape index (κ2) is 12.0. The first-order valence-corrected chi connectivity index (χ1v) is 14.0. The summed E-state index contributed by atoms with van der Waals surface area (Å²) in [6, 6.07) is 10.9. The number of halogens is 1. The third-order valence-electron chi connectivity index (χ3n) is 5.84. The van der Waals surface area contributed by atoms with Gasteiger partial charge in [0, 0.05) is 0 Å². The van der Waals surface area contributed by atoms with Crippen molar-refractivity contribution < 1.29 is 19.0 Å². The Hall–Kier alpha value is -3.36. The molecule has 0 spiro atoms. The molecule has 0 fully saturated rings. The Morgan fingerprint density at radius 2 is 1.92 bits per heavy atom. The first-order valence-electron chi connectivity index (χ1n) is 12.1. The number of fused-ring (bicyclic) bond motifs is 1. The number of hydrogen-bond acceptors (Lipinski definition) is 7. The van der Waals surface area contributed by atoms with Crippen LogP contribution in [0.15, 0.2) is 57.5 Å². The van der Waals surface area contributed by atoms with Crippen LogP contribution in [0.25, 0.3) is 6.08 Å². The van der Waals surface area contributed by atoms with E-state index in [1.807, 2.05) is 50.2 Å². The zero-order valence-corrected chi connectivity index (χ0v) is 24.5. The van der Waals surface area contributed by atoms with E-state index in [0.717, 1.165) is 20.3 Å². The number of ether oxygens (including phenoxy) is 3. The molecule has 0 N–H and O–H groups in total. The fourth-order valence-electron chi connectivity index (χ4n) is 4.20. The Kier molecular flexibility index (Phi) is 8.74. The minimum atomic E-state index is -0.647. The molecule has 196 valence electrons. The highest BCUT2D eigenvalue weighted by Crippen LogP contribution is 2.35. The molecule has 38 heavy (non-hydrogen) atoms. The van der Waals surface area contributed by atoms with Crippen LogP contribution in [0.4, 0.5) is 0 Å². The van der Waals surface area contributed by atoms with Crippen LogP contribution in [0.1, 0.15) is 43.5 Å². The van der Waals surface area contributed by atoms with Crippen LogP contribution in [-0.2, 0) is 9.53 Å². The van der Waals surface area contributed by atoms with E-state index in [9.17, 15) is 9.59 Å². The summed E-state index contributed by atoms with van der Waals surface area (Å²) in [5.74, 6) is 3.10. The van der Waals surface area contributed by atoms with Gasteiger partial charge in [-0.3, -0.25) is 9.36 Å². The standard InChI is InChI=1S/C29H27IN2O5S/c1-6-13-37-26-21(30)14-19(15-22(26)35-7-2)16-23-27(33)32-25(20-11-9-17(4)10-12-20)24(28(34)36-8-3)18(5)31-29(32)38-23/h1,9-12,14-16,25H,7-8,13H2,2-5H3/b23-16+/t25-/m0/s1. The molecule has 4 rings (SSSR count). The summed E-state index contributed by atoms with van der Waals surface area (Å²) in [6.45, 7) is 8.19. The van der Waals surface area contributed by atoms with E-state index in [-0.39, 0.29) is 18.8 Å². The lowest BCUT2D eigenvalue weighted by Gasteiger charge is -2.24. The smallest absolute Gasteiger partial charge is 0.338 e. The van der Waals surface area contributed by atoms with Crippen LogP contribution < -0.4 is 24.4 Å². The van der Waals surface area contributed by atoms with E-state index in [4.69, 9.17) is 20.6 Å². The summed E-state index contributed by atoms with van der Waals surface area (Å²) in [5.41, 5.74) is 3.30. The van der Waals surface area contributed by atoms with E-state index in [0.29, 0.717) is 38.7 Å². The maximum atomic E-state index is 13.8. The van der Waals surface area contributed by atoms with E-state index in [2.05, 4.69) is 33.5 Å². The van der Waals surface area contributed by atoms with Crippen molar-refractivity contribution in [2.24, 2.45) is 4.99 Å². The van der Waals surface area contributed by atoms with Crippen LogP contribution in [0.3, 0.4) is 0 Å². The van der Waals surface area contributed by atoms with Gasteiger partial charge in [0.2, 0.25) is 0 Å². The zero-order valence-electron chi connectivity index (χ0n) is 21.5. The molecular weight excluding hydrogens is 615 g/mol. The molecule has 0 saturated heterocycles. The van der Waals surface area contributed by atoms with E-state index < -0.39 is 12.0 Å². The molecule has 1 aromatic heterocycles. The van der Waals surface area contributed by atoms with Crippen LogP contribution in [-0.4, -0.2) is 30.4 Å². The number of benzene rings is 2. The lowest BCUT2D eigenvalue weighted by molar-refractivity contribution is -0.139. The number of rotatable bonds is 8. The largest absolute Gasteiger partial charge is 0.490 e. The highest BCUT2D eigenvalue weighted by molar-refractivity contribution is 14.1. The molecule has 0 aliphatic carbocycles. The van der Waals surface area contributed by atoms with Gasteiger partial charge in [-0.05, 0) is 79.6 Å². The summed E-state index contributed by atoms with van der Waals surface area (Å²) in [5, 5.41) is 0. The average molecular weight is 643 g/mol. The fourth-order valence-corrected chi connectivity index (χ4v) is 6.02. The van der Waals surface area contributed by atoms with Gasteiger partial charge in [0.25, 0.3) is 5.56 Å². The highest BCUT2D eigenvalue weighted by atomic mass is 127. The number of carbonyl (C=O) groups excluding carboxylic acids is 1. The van der Waals surface area contributed by atoms with Crippen LogP contribution in [0.2, 0.25) is 0 Å². The maximum Gasteiger partial charge on any atom is 0.338 e. The minimum Gasteiger partial charge on any atom is -0.490 e. The van der Waals surface area contributed by atoms with E-state index in [1.54, 1.807) is 24.5 Å². The summed E-state index contributed by atoms with van der Waals surface area (Å²) < 4.78 is 19.7. The fraction of sp³-hybridized carbons (Fsp3) is 0.276. The third kappa shape index (κ3) is 5.56. The van der Waals surface area contributed by atoms with Gasteiger partial charge in [0.05, 0.1) is 38.6 Å². The van der Waals surface area contributed by atoms with Gasteiger partial charge in [-0.15, -0.1) is 6.42 Å². The minimum absolute atomic E-state index is 0.120. The van der Waals surface area contributed by atoms with Gasteiger partial charge in [-0.1, -0.05) is 47.1 Å². The Labute approximate surface area is 238 Å². The number of allylic oxidation sites excluding steroid dienone is 1. The Morgan fingerprint density at radius 3 is 2.58 bits per heavy atom. The monoisotopic (exact) mass is 642 g/mol. The second-order valence-corrected chi connectivity index (χ2v) is 10.6. The number of hydrogen-bond donors (Lipinski definition) is 0. The Morgan fingerprint density at radius 1 is 1.18 bits per heavy atom. The van der Waals surface area contributed by atoms with Crippen molar-refractivity contribution in [2.45, 2.75) is 33.7 Å². The molecule has 2 aromatic carbocycles. The summed E-state index contributed by atoms with van der Waals surface area (Å²) in [4.78, 5) is 32.0. The van der Waals surface area contributed by atoms with Crippen molar-refractivity contribution in [2.75, 3.05) is 19.8 Å². The summed E-state index contributed by atoms with van der Waals surface area (Å²) in [6.07, 6.45) is 7.16. The predicted molar refractivity (Wildman–Crippen MR) is 156 cm³/mol. The Bertz CT molecular complexity index is 1630. The first-order chi connectivity index (χ1) is 18.3. The van der Waals surface area contributed by atoms with Gasteiger partial charge in [-0.25, -0.2) is 9.79 Å². The molecule has 9 heteroatoms. The average Bonchev–Trinajstić information content (AvgIpc) is 3.17. The number of carbonyl (C=O) groups is 1. The van der Waals surface area contributed by atoms with Gasteiger partial charge in [0.15, 0.2) is 16.3 Å². The molecule has 0 bridgehead atoms. The molecule has 1 aliphatic rings. The van der Waals surface area contributed by atoms with Crippen LogP contribution in [0.5, 0.6) is 11.5 Å². The molecule has 7 nitrogen and oxygen atoms in total. The molecule has 3 aromatic rings. The van der Waals surface area contributed by atoms with Gasteiger partial charge < -0.3 is 14.2 Å². The van der Waals surface area contributed by atoms with Crippen molar-refractivity contribution in [1.82, 2.24) is 4.57 Å². The van der Waals surface area contributed by atoms with E-state index >= 15 is 0 Å². The quantitative estimate of drug-likeness (QED) is 0.210. The number of esters is 1. The number of aryl methyl sites for hydroxylation is 1. The Balaban J connectivity index is 1.90. The maximum absolute atomic E-state index is 13.8. The number of terminal acetylenes is 1. The SMILES string of the molecule is C#CCOc1c(I)cc(/C=c2/sc3n(c2=O)[C@@H](c2ccc(C)cc2)C(C(=O)OCC)=C(C)N=3)cc1OCC. The molecule has 1 aliphatic heterocycles. The second-order valence-electron chi connectivity index (χ2n) is 8.47. The van der Waals surface area contributed by atoms with Crippen molar-refractivity contribution in [3.63, 3.8) is 0 Å². The topological polar surface area (TPSA) is 79.1 Å². The van der Waals surface area contributed by atoms with Crippen LogP contribution >= 0.6 is 33.9 Å². The lowest BCUT2D eigenvalue weighted by Crippen LogP contribution is -2.39. The van der Waals surface area contributed by atoms with Crippen molar-refractivity contribution in [1.29, 1.82) is 0 Å². The number of thiazole rings is 1. The van der Waals surface area contributed by atoms with Crippen molar-refractivity contribution in [3.05, 3.63) is 87.6 Å². The highest BCUT2D eigenvalue weighted by Gasteiger charge is 2.33. The lowest BCUT2D eigenvalue weighted by atomic mass is 9.95. The van der Waals surface area contributed by atoms with Gasteiger partial charge in [0.1, 0.15) is 6.61 Å².